The molecule has 1 aromatic heterocycles. The number of nitrogens with zero attached hydrogens (tertiary/aromatic N) is 2. The summed E-state index contributed by atoms with van der Waals surface area (Å²) >= 11 is 0. The van der Waals surface area contributed by atoms with E-state index in [1.54, 1.807) is 6.07 Å². The molecule has 1 saturated carbocycles. The van der Waals surface area contributed by atoms with E-state index in [1.807, 2.05) is 0 Å². The van der Waals surface area contributed by atoms with Crippen LogP contribution in [0.25, 0.3) is 0 Å². The summed E-state index contributed by atoms with van der Waals surface area (Å²) < 4.78 is 5.80. The van der Waals surface area contributed by atoms with E-state index >= 15 is 0 Å². The summed E-state index contributed by atoms with van der Waals surface area (Å²) in [6.45, 7) is 2.29. The third kappa shape index (κ3) is 2.82. The number of nitrogen functional groups attached to an aromatic ring is 1. The molecule has 88 valence electrons. The Morgan fingerprint density at radius 3 is 2.75 bits per heavy atom. The van der Waals surface area contributed by atoms with E-state index in [0.29, 0.717) is 11.7 Å². The normalized spacial score (nSPS) is 25.1. The summed E-state index contributed by atoms with van der Waals surface area (Å²) in [4.78, 5) is 8.01. The molecule has 5 heteroatoms. The minimum Gasteiger partial charge on any atom is -0.474 e. The van der Waals surface area contributed by atoms with Crippen molar-refractivity contribution < 1.29 is 4.74 Å². The van der Waals surface area contributed by atoms with Gasteiger partial charge in [0, 0.05) is 6.07 Å². The van der Waals surface area contributed by atoms with E-state index in [-0.39, 0.29) is 6.10 Å². The second kappa shape index (κ2) is 5.12. The van der Waals surface area contributed by atoms with Crippen molar-refractivity contribution >= 4 is 5.82 Å². The van der Waals surface area contributed by atoms with Crippen LogP contribution in [0.1, 0.15) is 32.6 Å². The number of hydrogen-bond donors (Lipinski definition) is 2. The van der Waals surface area contributed by atoms with Gasteiger partial charge in [-0.1, -0.05) is 6.92 Å². The van der Waals surface area contributed by atoms with Gasteiger partial charge in [-0.3, -0.25) is 0 Å². The van der Waals surface area contributed by atoms with Crippen LogP contribution in [0.3, 0.4) is 0 Å². The zero-order valence-corrected chi connectivity index (χ0v) is 9.52. The van der Waals surface area contributed by atoms with Crippen molar-refractivity contribution in [1.29, 1.82) is 0 Å². The summed E-state index contributed by atoms with van der Waals surface area (Å²) in [5, 5.41) is 0. The first kappa shape index (κ1) is 11.1. The monoisotopic (exact) mass is 222 g/mol. The Kier molecular flexibility index (Phi) is 3.56. The lowest BCUT2D eigenvalue weighted by Crippen LogP contribution is -2.23. The molecule has 0 unspecified atom stereocenters. The molecular formula is C11H18N4O. The van der Waals surface area contributed by atoms with Crippen LogP contribution in [-0.4, -0.2) is 16.1 Å². The van der Waals surface area contributed by atoms with Crippen LogP contribution in [0, 0.1) is 5.92 Å². The molecule has 3 N–H and O–H groups in total. The first-order valence-electron chi connectivity index (χ1n) is 5.73. The maximum Gasteiger partial charge on any atom is 0.218 e. The van der Waals surface area contributed by atoms with Gasteiger partial charge in [0.2, 0.25) is 5.88 Å². The number of aromatic nitrogens is 2. The molecule has 0 spiro atoms. The Bertz CT molecular complexity index is 337. The van der Waals surface area contributed by atoms with Crippen molar-refractivity contribution in [2.24, 2.45) is 11.8 Å². The highest BCUT2D eigenvalue weighted by Crippen LogP contribution is 2.26. The predicted octanol–water partition coefficient (Wildman–Crippen LogP) is 1.72. The zero-order valence-electron chi connectivity index (χ0n) is 9.52. The van der Waals surface area contributed by atoms with Crippen LogP contribution in [0.2, 0.25) is 0 Å². The largest absolute Gasteiger partial charge is 0.474 e. The summed E-state index contributed by atoms with van der Waals surface area (Å²) in [5.74, 6) is 7.28. The quantitative estimate of drug-likeness (QED) is 0.601. The molecule has 0 aromatic carbocycles. The number of nitrogens with two attached hydrogens (primary N) is 1. The number of hydrazine groups is 1. The first-order chi connectivity index (χ1) is 7.78. The lowest BCUT2D eigenvalue weighted by atomic mass is 9.89. The maximum absolute atomic E-state index is 5.80. The molecule has 1 aromatic rings. The Morgan fingerprint density at radius 1 is 1.31 bits per heavy atom. The van der Waals surface area contributed by atoms with E-state index in [4.69, 9.17) is 10.6 Å². The molecule has 1 aliphatic carbocycles. The molecule has 1 heterocycles. The van der Waals surface area contributed by atoms with Crippen LogP contribution >= 0.6 is 0 Å². The van der Waals surface area contributed by atoms with Crippen molar-refractivity contribution in [3.8, 4) is 5.88 Å². The standard InChI is InChI=1S/C11H18N4O/c1-8-2-4-9(5-3-8)16-11-6-10(15-12)13-7-14-11/h6-9H,2-5,12H2,1H3,(H,13,14,15). The lowest BCUT2D eigenvalue weighted by Gasteiger charge is -2.26. The molecule has 1 aliphatic rings. The molecule has 5 nitrogen and oxygen atoms in total. The van der Waals surface area contributed by atoms with E-state index in [0.717, 1.165) is 18.8 Å². The van der Waals surface area contributed by atoms with Crippen molar-refractivity contribution in [2.45, 2.75) is 38.7 Å². The summed E-state index contributed by atoms with van der Waals surface area (Å²) in [7, 11) is 0. The zero-order chi connectivity index (χ0) is 11.4. The smallest absolute Gasteiger partial charge is 0.218 e. The Labute approximate surface area is 95.4 Å². The minimum atomic E-state index is 0.289. The van der Waals surface area contributed by atoms with Crippen molar-refractivity contribution in [2.75, 3.05) is 5.43 Å². The van der Waals surface area contributed by atoms with E-state index in [9.17, 15) is 0 Å². The first-order valence-corrected chi connectivity index (χ1v) is 5.73. The molecule has 0 amide bonds. The average Bonchev–Trinajstić information content (AvgIpc) is 2.32. The van der Waals surface area contributed by atoms with Gasteiger partial charge in [0.15, 0.2) is 0 Å². The van der Waals surface area contributed by atoms with Crippen LogP contribution < -0.4 is 16.0 Å². The fourth-order valence-corrected chi connectivity index (χ4v) is 2.00. The molecular weight excluding hydrogens is 204 g/mol. The molecule has 0 radical (unpaired) electrons. The molecule has 2 rings (SSSR count). The minimum absolute atomic E-state index is 0.289. The van der Waals surface area contributed by atoms with Crippen LogP contribution in [0.4, 0.5) is 5.82 Å². The molecule has 16 heavy (non-hydrogen) atoms. The van der Waals surface area contributed by atoms with Gasteiger partial charge in [0.25, 0.3) is 0 Å². The van der Waals surface area contributed by atoms with E-state index in [1.165, 1.54) is 19.2 Å². The molecule has 0 bridgehead atoms. The molecule has 0 atom stereocenters. The van der Waals surface area contributed by atoms with Crippen molar-refractivity contribution in [3.05, 3.63) is 12.4 Å². The topological polar surface area (TPSA) is 73.1 Å². The van der Waals surface area contributed by atoms with Gasteiger partial charge in [0.1, 0.15) is 18.2 Å². The third-order valence-electron chi connectivity index (χ3n) is 3.04. The number of anilines is 1. The Morgan fingerprint density at radius 2 is 2.06 bits per heavy atom. The SMILES string of the molecule is CC1CCC(Oc2cc(NN)ncn2)CC1. The number of rotatable bonds is 3. The summed E-state index contributed by atoms with van der Waals surface area (Å²) in [5.41, 5.74) is 2.48. The van der Waals surface area contributed by atoms with Crippen molar-refractivity contribution in [1.82, 2.24) is 9.97 Å². The summed E-state index contributed by atoms with van der Waals surface area (Å²) in [6.07, 6.45) is 6.43. The second-order valence-electron chi connectivity index (χ2n) is 4.39. The van der Waals surface area contributed by atoms with Crippen molar-refractivity contribution in [3.63, 3.8) is 0 Å². The molecule has 0 aliphatic heterocycles. The van der Waals surface area contributed by atoms with Crippen LogP contribution in [0.5, 0.6) is 5.88 Å². The number of nitrogens with one attached hydrogen (secondary N) is 1. The van der Waals surface area contributed by atoms with Gasteiger partial charge >= 0.3 is 0 Å². The number of hydrogen-bond acceptors (Lipinski definition) is 5. The van der Waals surface area contributed by atoms with Crippen LogP contribution in [-0.2, 0) is 0 Å². The highest BCUT2D eigenvalue weighted by molar-refractivity contribution is 5.35. The molecule has 1 fully saturated rings. The van der Waals surface area contributed by atoms with E-state index < -0.39 is 0 Å². The van der Waals surface area contributed by atoms with Gasteiger partial charge in [-0.2, -0.15) is 0 Å². The fraction of sp³-hybridized carbons (Fsp3) is 0.636. The van der Waals surface area contributed by atoms with Crippen LogP contribution in [0.15, 0.2) is 12.4 Å². The highest BCUT2D eigenvalue weighted by Gasteiger charge is 2.19. The Balaban J connectivity index is 1.93. The third-order valence-corrected chi connectivity index (χ3v) is 3.04. The average molecular weight is 222 g/mol. The van der Waals surface area contributed by atoms with Gasteiger partial charge in [-0.25, -0.2) is 15.8 Å². The molecule has 0 saturated heterocycles. The predicted molar refractivity (Wildman–Crippen MR) is 61.9 cm³/mol. The maximum atomic E-state index is 5.80. The lowest BCUT2D eigenvalue weighted by molar-refractivity contribution is 0.130. The van der Waals surface area contributed by atoms with Gasteiger partial charge in [-0.15, -0.1) is 0 Å². The van der Waals surface area contributed by atoms with Gasteiger partial charge < -0.3 is 10.2 Å². The highest BCUT2D eigenvalue weighted by atomic mass is 16.5. The fourth-order valence-electron chi connectivity index (χ4n) is 2.00. The summed E-state index contributed by atoms with van der Waals surface area (Å²) in [6, 6.07) is 1.72. The van der Waals surface area contributed by atoms with Gasteiger partial charge in [-0.05, 0) is 31.6 Å². The van der Waals surface area contributed by atoms with Gasteiger partial charge in [0.05, 0.1) is 0 Å². The second-order valence-corrected chi connectivity index (χ2v) is 4.39. The number of ether oxygens (including phenoxy) is 1. The Hall–Kier alpha value is -1.36. The van der Waals surface area contributed by atoms with E-state index in [2.05, 4.69) is 22.3 Å².